The van der Waals surface area contributed by atoms with E-state index in [2.05, 4.69) is 0 Å². The fourth-order valence-corrected chi connectivity index (χ4v) is 0.869. The summed E-state index contributed by atoms with van der Waals surface area (Å²) in [6.45, 7) is 2.68. The Balaban J connectivity index is 2.73. The lowest BCUT2D eigenvalue weighted by Crippen LogP contribution is -1.99. The van der Waals surface area contributed by atoms with E-state index in [9.17, 15) is 0 Å². The van der Waals surface area contributed by atoms with Crippen LogP contribution in [0, 0.1) is 0 Å². The van der Waals surface area contributed by atoms with E-state index in [1.54, 1.807) is 7.11 Å². The van der Waals surface area contributed by atoms with Gasteiger partial charge in [0.25, 0.3) is 0 Å². The molecule has 0 aliphatic carbocycles. The zero-order valence-electron chi connectivity index (χ0n) is 7.92. The molecule has 0 aromatic heterocycles. The molecule has 3 heteroatoms. The van der Waals surface area contributed by atoms with Crippen molar-refractivity contribution in [2.75, 3.05) is 33.5 Å². The second-order valence-corrected chi connectivity index (χ2v) is 2.74. The molecular formula is C9H20O3. The Labute approximate surface area is 74.7 Å². The molecule has 0 aliphatic rings. The first-order valence-electron chi connectivity index (χ1n) is 4.59. The lowest BCUT2D eigenvalue weighted by atomic mass is 10.3. The summed E-state index contributed by atoms with van der Waals surface area (Å²) in [7, 11) is 1.71. The Morgan fingerprint density at radius 1 is 0.917 bits per heavy atom. The first-order valence-corrected chi connectivity index (χ1v) is 4.59. The van der Waals surface area contributed by atoms with Crippen LogP contribution in [0.15, 0.2) is 0 Å². The minimum absolute atomic E-state index is 0.271. The summed E-state index contributed by atoms with van der Waals surface area (Å²) in [6, 6.07) is 0. The molecule has 0 rings (SSSR count). The van der Waals surface area contributed by atoms with Gasteiger partial charge in [-0.3, -0.25) is 0 Å². The highest BCUT2D eigenvalue weighted by molar-refractivity contribution is 4.39. The summed E-state index contributed by atoms with van der Waals surface area (Å²) in [5.41, 5.74) is 0. The number of unbranched alkanes of at least 4 members (excludes halogenated alkanes) is 2. The van der Waals surface area contributed by atoms with Crippen molar-refractivity contribution in [1.82, 2.24) is 0 Å². The molecule has 0 unspecified atom stereocenters. The summed E-state index contributed by atoms with van der Waals surface area (Å²) in [4.78, 5) is 0. The fourth-order valence-electron chi connectivity index (χ4n) is 0.869. The van der Waals surface area contributed by atoms with Gasteiger partial charge in [-0.05, 0) is 25.7 Å². The van der Waals surface area contributed by atoms with Gasteiger partial charge >= 0.3 is 0 Å². The third kappa shape index (κ3) is 9.88. The number of methoxy groups -OCH3 is 1. The van der Waals surface area contributed by atoms with Crippen LogP contribution < -0.4 is 0 Å². The molecule has 0 radical (unpaired) electrons. The standard InChI is InChI=1S/C9H20O3/c1-11-7-4-5-9-12-8-3-2-6-10/h10H,2-9H2,1H3. The predicted molar refractivity (Wildman–Crippen MR) is 48.2 cm³/mol. The van der Waals surface area contributed by atoms with Crippen LogP contribution >= 0.6 is 0 Å². The topological polar surface area (TPSA) is 38.7 Å². The Morgan fingerprint density at radius 3 is 2.08 bits per heavy atom. The molecule has 0 saturated heterocycles. The summed E-state index contributed by atoms with van der Waals surface area (Å²) < 4.78 is 10.2. The maximum Gasteiger partial charge on any atom is 0.0466 e. The van der Waals surface area contributed by atoms with E-state index in [0.717, 1.165) is 45.5 Å². The van der Waals surface area contributed by atoms with Gasteiger partial charge in [0.1, 0.15) is 0 Å². The van der Waals surface area contributed by atoms with Crippen LogP contribution in [-0.4, -0.2) is 38.6 Å². The van der Waals surface area contributed by atoms with E-state index < -0.39 is 0 Å². The maximum atomic E-state index is 8.47. The van der Waals surface area contributed by atoms with Crippen LogP contribution in [0.1, 0.15) is 25.7 Å². The lowest BCUT2D eigenvalue weighted by Gasteiger charge is -2.02. The van der Waals surface area contributed by atoms with Crippen molar-refractivity contribution in [3.8, 4) is 0 Å². The van der Waals surface area contributed by atoms with Crippen molar-refractivity contribution >= 4 is 0 Å². The molecule has 0 heterocycles. The number of hydrogen-bond donors (Lipinski definition) is 1. The van der Waals surface area contributed by atoms with Crippen LogP contribution in [0.3, 0.4) is 0 Å². The molecule has 3 nitrogen and oxygen atoms in total. The molecule has 0 bridgehead atoms. The van der Waals surface area contributed by atoms with E-state index in [-0.39, 0.29) is 6.61 Å². The number of aliphatic hydroxyl groups is 1. The zero-order valence-corrected chi connectivity index (χ0v) is 7.92. The monoisotopic (exact) mass is 176 g/mol. The smallest absolute Gasteiger partial charge is 0.0466 e. The van der Waals surface area contributed by atoms with Crippen molar-refractivity contribution in [2.45, 2.75) is 25.7 Å². The Morgan fingerprint density at radius 2 is 1.50 bits per heavy atom. The molecule has 0 amide bonds. The van der Waals surface area contributed by atoms with Crippen molar-refractivity contribution in [2.24, 2.45) is 0 Å². The molecule has 12 heavy (non-hydrogen) atoms. The van der Waals surface area contributed by atoms with Crippen LogP contribution in [0.4, 0.5) is 0 Å². The minimum atomic E-state index is 0.271. The van der Waals surface area contributed by atoms with Crippen molar-refractivity contribution in [3.63, 3.8) is 0 Å². The fraction of sp³-hybridized carbons (Fsp3) is 1.00. The largest absolute Gasteiger partial charge is 0.396 e. The number of hydrogen-bond acceptors (Lipinski definition) is 3. The molecule has 0 aromatic carbocycles. The molecule has 1 N–H and O–H groups in total. The SMILES string of the molecule is COCCCCOCCCCO. The normalized spacial score (nSPS) is 10.5. The summed E-state index contributed by atoms with van der Waals surface area (Å²) in [5.74, 6) is 0. The Kier molecular flexibility index (Phi) is 10.8. The van der Waals surface area contributed by atoms with E-state index >= 15 is 0 Å². The Hall–Kier alpha value is -0.120. The molecule has 0 fully saturated rings. The van der Waals surface area contributed by atoms with E-state index in [4.69, 9.17) is 14.6 Å². The predicted octanol–water partition coefficient (Wildman–Crippen LogP) is 1.20. The highest BCUT2D eigenvalue weighted by atomic mass is 16.5. The van der Waals surface area contributed by atoms with Gasteiger partial charge < -0.3 is 14.6 Å². The molecule has 0 aliphatic heterocycles. The lowest BCUT2D eigenvalue weighted by molar-refractivity contribution is 0.112. The van der Waals surface area contributed by atoms with Crippen molar-refractivity contribution in [3.05, 3.63) is 0 Å². The number of ether oxygens (including phenoxy) is 2. The van der Waals surface area contributed by atoms with E-state index in [1.165, 1.54) is 0 Å². The maximum absolute atomic E-state index is 8.47. The number of rotatable bonds is 9. The van der Waals surface area contributed by atoms with Gasteiger partial charge in [-0.1, -0.05) is 0 Å². The summed E-state index contributed by atoms with van der Waals surface area (Å²) in [6.07, 6.45) is 3.93. The second-order valence-electron chi connectivity index (χ2n) is 2.74. The van der Waals surface area contributed by atoms with Gasteiger partial charge in [0.15, 0.2) is 0 Å². The van der Waals surface area contributed by atoms with Crippen molar-refractivity contribution < 1.29 is 14.6 Å². The van der Waals surface area contributed by atoms with E-state index in [0.29, 0.717) is 0 Å². The van der Waals surface area contributed by atoms with Crippen LogP contribution in [-0.2, 0) is 9.47 Å². The minimum Gasteiger partial charge on any atom is -0.396 e. The quantitative estimate of drug-likeness (QED) is 0.536. The average Bonchev–Trinajstić information content (AvgIpc) is 2.10. The molecule has 74 valence electrons. The van der Waals surface area contributed by atoms with Crippen LogP contribution in [0.2, 0.25) is 0 Å². The van der Waals surface area contributed by atoms with Gasteiger partial charge in [-0.25, -0.2) is 0 Å². The van der Waals surface area contributed by atoms with Gasteiger partial charge in [0, 0.05) is 33.5 Å². The van der Waals surface area contributed by atoms with Gasteiger partial charge in [-0.15, -0.1) is 0 Å². The highest BCUT2D eigenvalue weighted by Crippen LogP contribution is 1.93. The Bertz CT molecular complexity index is 66.2. The molecule has 0 aromatic rings. The average molecular weight is 176 g/mol. The highest BCUT2D eigenvalue weighted by Gasteiger charge is 1.89. The summed E-state index contributed by atoms with van der Waals surface area (Å²) >= 11 is 0. The molecule has 0 spiro atoms. The third-order valence-electron chi connectivity index (χ3n) is 1.58. The zero-order chi connectivity index (χ0) is 9.07. The third-order valence-corrected chi connectivity index (χ3v) is 1.58. The first kappa shape index (κ1) is 11.9. The van der Waals surface area contributed by atoms with Gasteiger partial charge in [0.05, 0.1) is 0 Å². The van der Waals surface area contributed by atoms with E-state index in [1.807, 2.05) is 0 Å². The second kappa shape index (κ2) is 10.9. The van der Waals surface area contributed by atoms with Crippen LogP contribution in [0.25, 0.3) is 0 Å². The molecule has 0 saturated carbocycles. The molecular weight excluding hydrogens is 156 g/mol. The number of aliphatic hydroxyl groups excluding tert-OH is 1. The van der Waals surface area contributed by atoms with Crippen molar-refractivity contribution in [1.29, 1.82) is 0 Å². The van der Waals surface area contributed by atoms with Crippen LogP contribution in [0.5, 0.6) is 0 Å². The summed E-state index contributed by atoms with van der Waals surface area (Å²) in [5, 5.41) is 8.47. The van der Waals surface area contributed by atoms with Gasteiger partial charge in [0.2, 0.25) is 0 Å². The molecule has 0 atom stereocenters. The first-order chi connectivity index (χ1) is 5.91. The van der Waals surface area contributed by atoms with Gasteiger partial charge in [-0.2, -0.15) is 0 Å².